The number of aromatic nitrogens is 4. The molecule has 3 N–H and O–H groups in total. The molecule has 1 aliphatic heterocycles. The van der Waals surface area contributed by atoms with Gasteiger partial charge in [-0.25, -0.2) is 14.3 Å². The first-order chi connectivity index (χ1) is 20.4. The number of carbonyl (C=O) groups excluding carboxylic acids is 3. The van der Waals surface area contributed by atoms with Crippen molar-refractivity contribution >= 4 is 46.0 Å². The van der Waals surface area contributed by atoms with Gasteiger partial charge in [-0.1, -0.05) is 29.8 Å². The van der Waals surface area contributed by atoms with Gasteiger partial charge >= 0.3 is 6.03 Å². The molecule has 5 aromatic rings. The van der Waals surface area contributed by atoms with Crippen LogP contribution in [0.2, 0.25) is 5.02 Å². The van der Waals surface area contributed by atoms with Gasteiger partial charge in [0.15, 0.2) is 5.65 Å². The summed E-state index contributed by atoms with van der Waals surface area (Å²) in [5.74, 6) is 0.0191. The summed E-state index contributed by atoms with van der Waals surface area (Å²) in [6.07, 6.45) is 6.76. The molecule has 4 amide bonds. The molecule has 0 radical (unpaired) electrons. The summed E-state index contributed by atoms with van der Waals surface area (Å²) in [5.41, 5.74) is 6.40. The van der Waals surface area contributed by atoms with Gasteiger partial charge in [0, 0.05) is 48.8 Å². The first-order valence-electron chi connectivity index (χ1n) is 13.9. The monoisotopic (exact) mass is 581 g/mol. The van der Waals surface area contributed by atoms with Crippen molar-refractivity contribution in [3.8, 4) is 0 Å². The first-order valence-corrected chi connectivity index (χ1v) is 14.3. The third kappa shape index (κ3) is 4.57. The van der Waals surface area contributed by atoms with E-state index in [2.05, 4.69) is 32.6 Å². The minimum Gasteiger partial charge on any atom is -0.360 e. The number of rotatable bonds is 8. The van der Waals surface area contributed by atoms with Gasteiger partial charge in [-0.3, -0.25) is 14.5 Å². The molecule has 7 rings (SSSR count). The summed E-state index contributed by atoms with van der Waals surface area (Å²) in [6.45, 7) is 2.28. The summed E-state index contributed by atoms with van der Waals surface area (Å²) in [5, 5.41) is 11.6. The van der Waals surface area contributed by atoms with Gasteiger partial charge < -0.3 is 15.6 Å². The number of imidazole rings is 1. The largest absolute Gasteiger partial charge is 0.360 e. The fourth-order valence-corrected chi connectivity index (χ4v) is 6.25. The second-order valence-electron chi connectivity index (χ2n) is 10.9. The van der Waals surface area contributed by atoms with Crippen molar-refractivity contribution in [1.82, 2.24) is 35.1 Å². The van der Waals surface area contributed by atoms with Gasteiger partial charge in [0.2, 0.25) is 0 Å². The van der Waals surface area contributed by atoms with Crippen LogP contribution >= 0.6 is 11.6 Å². The van der Waals surface area contributed by atoms with E-state index in [1.165, 1.54) is 0 Å². The highest BCUT2D eigenvalue weighted by atomic mass is 35.5. The highest BCUT2D eigenvalue weighted by Crippen LogP contribution is 2.55. The van der Waals surface area contributed by atoms with Crippen molar-refractivity contribution in [2.75, 3.05) is 13.1 Å². The normalized spacial score (nSPS) is 20.0. The summed E-state index contributed by atoms with van der Waals surface area (Å²) < 4.78 is 1.88. The molecule has 0 bridgehead atoms. The number of nitrogens with zero attached hydrogens (tertiary/aromatic N) is 4. The van der Waals surface area contributed by atoms with Crippen LogP contribution in [0.4, 0.5) is 4.79 Å². The lowest BCUT2D eigenvalue weighted by Crippen LogP contribution is -2.39. The molecule has 212 valence electrons. The molecule has 3 atom stereocenters. The van der Waals surface area contributed by atoms with Crippen LogP contribution in [0.1, 0.15) is 51.0 Å². The maximum atomic E-state index is 13.0. The average Bonchev–Trinajstić information content (AvgIpc) is 3.33. The maximum Gasteiger partial charge on any atom is 0.324 e. The molecule has 2 aromatic carbocycles. The molecule has 2 aliphatic rings. The van der Waals surface area contributed by atoms with Crippen LogP contribution in [0.3, 0.4) is 0 Å². The van der Waals surface area contributed by atoms with Crippen molar-refractivity contribution in [1.29, 1.82) is 0 Å². The van der Waals surface area contributed by atoms with Crippen molar-refractivity contribution in [3.63, 3.8) is 0 Å². The van der Waals surface area contributed by atoms with Crippen LogP contribution in [0, 0.1) is 6.92 Å². The van der Waals surface area contributed by atoms with Crippen LogP contribution in [-0.2, 0) is 11.2 Å². The average molecular weight is 582 g/mol. The van der Waals surface area contributed by atoms with Crippen molar-refractivity contribution in [2.24, 2.45) is 0 Å². The highest BCUT2D eigenvalue weighted by Gasteiger charge is 2.43. The van der Waals surface area contributed by atoms with E-state index in [1.807, 2.05) is 53.3 Å². The van der Waals surface area contributed by atoms with Crippen LogP contribution in [0.5, 0.6) is 0 Å². The Morgan fingerprint density at radius 3 is 2.90 bits per heavy atom. The number of nitrogens with one attached hydrogen (secondary N) is 3. The predicted octanol–water partition coefficient (Wildman–Crippen LogP) is 4.34. The Morgan fingerprint density at radius 2 is 2.02 bits per heavy atom. The number of aryl methyl sites for hydroxylation is 1. The van der Waals surface area contributed by atoms with Gasteiger partial charge in [0.05, 0.1) is 22.4 Å². The smallest absolute Gasteiger partial charge is 0.324 e. The Balaban J connectivity index is 0.971. The molecule has 3 aromatic heterocycles. The number of hydrogen-bond acceptors (Lipinski definition) is 5. The number of benzene rings is 2. The van der Waals surface area contributed by atoms with E-state index in [0.29, 0.717) is 22.9 Å². The van der Waals surface area contributed by atoms with Crippen LogP contribution in [0.25, 0.3) is 16.6 Å². The molecule has 2 fully saturated rings. The van der Waals surface area contributed by atoms with E-state index < -0.39 is 12.1 Å². The van der Waals surface area contributed by atoms with Crippen LogP contribution in [0.15, 0.2) is 67.1 Å². The lowest BCUT2D eigenvalue weighted by Gasteiger charge is -2.14. The summed E-state index contributed by atoms with van der Waals surface area (Å²) >= 11 is 6.25. The Bertz CT molecular complexity index is 1880. The topological polar surface area (TPSA) is 124 Å². The number of amides is 4. The Hall–Kier alpha value is -4.70. The Kier molecular flexibility index (Phi) is 6.42. The molecule has 0 spiro atoms. The first kappa shape index (κ1) is 26.2. The standard InChI is InChI=1S/C31H28ClN7O3/c1-17-7-8-18(12-21(17)22-14-23(22)26-16-34-27-6-3-9-36-39(26)27)29(40)33-10-11-38-30(41)25(37-31(38)42)13-19-15-35-28-20(19)4-2-5-24(28)32/h2-9,12,15-16,22-23,25,35H,10-11,13-14H2,1H3,(H,33,40)(H,37,42)/t22-,23?,25?/m0/s1. The lowest BCUT2D eigenvalue weighted by molar-refractivity contribution is -0.127. The van der Waals surface area contributed by atoms with E-state index in [-0.39, 0.29) is 30.8 Å². The van der Waals surface area contributed by atoms with E-state index in [0.717, 1.165) is 50.3 Å². The zero-order chi connectivity index (χ0) is 29.0. The molecule has 42 heavy (non-hydrogen) atoms. The number of para-hydroxylation sites is 1. The van der Waals surface area contributed by atoms with Gasteiger partial charge in [-0.2, -0.15) is 5.10 Å². The number of hydrogen-bond donors (Lipinski definition) is 3. The highest BCUT2D eigenvalue weighted by molar-refractivity contribution is 6.35. The third-order valence-corrected chi connectivity index (χ3v) is 8.63. The number of urea groups is 1. The molecule has 10 nitrogen and oxygen atoms in total. The zero-order valence-electron chi connectivity index (χ0n) is 22.8. The molecule has 1 aliphatic carbocycles. The van der Waals surface area contributed by atoms with Gasteiger partial charge in [-0.05, 0) is 66.3 Å². The van der Waals surface area contributed by atoms with Crippen molar-refractivity contribution < 1.29 is 14.4 Å². The summed E-state index contributed by atoms with van der Waals surface area (Å²) in [4.78, 5) is 47.5. The van der Waals surface area contributed by atoms with E-state index in [4.69, 9.17) is 11.6 Å². The minimum absolute atomic E-state index is 0.0807. The molecular formula is C31H28ClN7O3. The Morgan fingerprint density at radius 1 is 1.14 bits per heavy atom. The predicted molar refractivity (Wildman–Crippen MR) is 158 cm³/mol. The minimum atomic E-state index is -0.680. The van der Waals surface area contributed by atoms with Crippen LogP contribution < -0.4 is 10.6 Å². The molecule has 1 saturated heterocycles. The summed E-state index contributed by atoms with van der Waals surface area (Å²) in [7, 11) is 0. The number of imide groups is 1. The fraction of sp³-hybridized carbons (Fsp3) is 0.258. The second kappa shape index (κ2) is 10.3. The molecule has 11 heteroatoms. The van der Waals surface area contributed by atoms with Gasteiger partial charge in [0.25, 0.3) is 11.8 Å². The quantitative estimate of drug-likeness (QED) is 0.235. The lowest BCUT2D eigenvalue weighted by atomic mass is 9.99. The van der Waals surface area contributed by atoms with Gasteiger partial charge in [-0.15, -0.1) is 0 Å². The van der Waals surface area contributed by atoms with Crippen molar-refractivity contribution in [2.45, 2.75) is 37.6 Å². The fourth-order valence-electron chi connectivity index (χ4n) is 6.02. The maximum absolute atomic E-state index is 13.0. The van der Waals surface area contributed by atoms with Gasteiger partial charge in [0.1, 0.15) is 6.04 Å². The molecule has 4 heterocycles. The zero-order valence-corrected chi connectivity index (χ0v) is 23.6. The second-order valence-corrected chi connectivity index (χ2v) is 11.3. The molecule has 2 unspecified atom stereocenters. The summed E-state index contributed by atoms with van der Waals surface area (Å²) in [6, 6.07) is 14.0. The van der Waals surface area contributed by atoms with Crippen LogP contribution in [-0.4, -0.2) is 61.5 Å². The third-order valence-electron chi connectivity index (χ3n) is 8.32. The molecular weight excluding hydrogens is 554 g/mol. The number of H-pyrrole nitrogens is 1. The van der Waals surface area contributed by atoms with E-state index >= 15 is 0 Å². The SMILES string of the molecule is Cc1ccc(C(=O)NCCN2C(=O)NC(Cc3c[nH]c4c(Cl)cccc34)C2=O)cc1[C@@H]1CC1c1cnc2cccnn12. The van der Waals surface area contributed by atoms with E-state index in [1.54, 1.807) is 18.3 Å². The number of carbonyl (C=O) groups is 3. The number of aromatic amines is 1. The number of fused-ring (bicyclic) bond motifs is 2. The molecule has 1 saturated carbocycles. The number of halogens is 1. The van der Waals surface area contributed by atoms with E-state index in [9.17, 15) is 14.4 Å². The Labute approximate surface area is 246 Å². The van der Waals surface area contributed by atoms with Crippen molar-refractivity contribution in [3.05, 3.63) is 100 Å².